The van der Waals surface area contributed by atoms with Gasteiger partial charge in [-0.2, -0.15) is 13.2 Å². The standard InChI is InChI=1S/C19H17F3N2O/c1-12-9-10-14-16(23-12)7-4-8-17(14)24-15-6-3-2-5-13(15)11-18(25)19(20,21)22/h2-10,18,24-25H,11H2,1H3. The molecule has 3 nitrogen and oxygen atoms in total. The third kappa shape index (κ3) is 3.91. The molecule has 2 aromatic carbocycles. The topological polar surface area (TPSA) is 45.1 Å². The summed E-state index contributed by atoms with van der Waals surface area (Å²) < 4.78 is 38.0. The van der Waals surface area contributed by atoms with Gasteiger partial charge >= 0.3 is 6.18 Å². The average Bonchev–Trinajstić information content (AvgIpc) is 2.55. The molecule has 0 spiro atoms. The summed E-state index contributed by atoms with van der Waals surface area (Å²) >= 11 is 0. The van der Waals surface area contributed by atoms with E-state index in [0.717, 1.165) is 22.3 Å². The Kier molecular flexibility index (Phi) is 4.63. The van der Waals surface area contributed by atoms with Crippen LogP contribution in [0.5, 0.6) is 0 Å². The highest BCUT2D eigenvalue weighted by Gasteiger charge is 2.38. The highest BCUT2D eigenvalue weighted by molar-refractivity contribution is 5.93. The van der Waals surface area contributed by atoms with Crippen molar-refractivity contribution < 1.29 is 18.3 Å². The van der Waals surface area contributed by atoms with Crippen LogP contribution < -0.4 is 5.32 Å². The van der Waals surface area contributed by atoms with Crippen molar-refractivity contribution >= 4 is 22.3 Å². The number of aromatic nitrogens is 1. The van der Waals surface area contributed by atoms with E-state index in [-0.39, 0.29) is 0 Å². The lowest BCUT2D eigenvalue weighted by molar-refractivity contribution is -0.203. The summed E-state index contributed by atoms with van der Waals surface area (Å²) in [5, 5.41) is 13.4. The number of fused-ring (bicyclic) bond motifs is 1. The summed E-state index contributed by atoms with van der Waals surface area (Å²) in [6.45, 7) is 1.90. The Morgan fingerprint density at radius 2 is 1.72 bits per heavy atom. The number of hydrogen-bond acceptors (Lipinski definition) is 3. The molecule has 0 aliphatic rings. The molecule has 6 heteroatoms. The third-order valence-corrected chi connectivity index (χ3v) is 3.95. The lowest BCUT2D eigenvalue weighted by Crippen LogP contribution is -2.30. The van der Waals surface area contributed by atoms with Gasteiger partial charge in [0.05, 0.1) is 5.52 Å². The lowest BCUT2D eigenvalue weighted by Gasteiger charge is -2.18. The first-order valence-electron chi connectivity index (χ1n) is 7.80. The van der Waals surface area contributed by atoms with Gasteiger partial charge in [-0.15, -0.1) is 0 Å². The van der Waals surface area contributed by atoms with E-state index in [1.165, 1.54) is 0 Å². The molecule has 2 N–H and O–H groups in total. The minimum atomic E-state index is -4.64. The van der Waals surface area contributed by atoms with Crippen molar-refractivity contribution in [2.24, 2.45) is 0 Å². The minimum Gasteiger partial charge on any atom is -0.383 e. The Bertz CT molecular complexity index is 893. The Balaban J connectivity index is 1.94. The van der Waals surface area contributed by atoms with Gasteiger partial charge in [-0.25, -0.2) is 0 Å². The summed E-state index contributed by atoms with van der Waals surface area (Å²) in [4.78, 5) is 4.45. The maximum absolute atomic E-state index is 12.7. The van der Waals surface area contributed by atoms with Crippen molar-refractivity contribution in [3.8, 4) is 0 Å². The zero-order valence-electron chi connectivity index (χ0n) is 13.5. The number of aryl methyl sites for hydroxylation is 1. The van der Waals surface area contributed by atoms with Crippen molar-refractivity contribution in [2.75, 3.05) is 5.32 Å². The van der Waals surface area contributed by atoms with Gasteiger partial charge in [0.2, 0.25) is 0 Å². The second kappa shape index (κ2) is 6.72. The van der Waals surface area contributed by atoms with E-state index in [1.54, 1.807) is 24.3 Å². The molecule has 0 bridgehead atoms. The molecule has 0 aliphatic heterocycles. The molecule has 3 aromatic rings. The number of pyridine rings is 1. The van der Waals surface area contributed by atoms with Crippen LogP contribution in [0.4, 0.5) is 24.5 Å². The molecule has 1 heterocycles. The monoisotopic (exact) mass is 346 g/mol. The summed E-state index contributed by atoms with van der Waals surface area (Å²) in [5.74, 6) is 0. The van der Waals surface area contributed by atoms with Crippen LogP contribution in [0.2, 0.25) is 0 Å². The number of alkyl halides is 3. The van der Waals surface area contributed by atoms with Crippen molar-refractivity contribution in [3.05, 3.63) is 65.9 Å². The quantitative estimate of drug-likeness (QED) is 0.716. The molecule has 130 valence electrons. The van der Waals surface area contributed by atoms with Gasteiger partial charge in [-0.1, -0.05) is 24.3 Å². The highest BCUT2D eigenvalue weighted by Crippen LogP contribution is 2.30. The normalized spacial score (nSPS) is 13.0. The van der Waals surface area contributed by atoms with Crippen LogP contribution in [0, 0.1) is 6.92 Å². The van der Waals surface area contributed by atoms with Crippen LogP contribution in [0.1, 0.15) is 11.3 Å². The number of rotatable bonds is 4. The molecule has 0 amide bonds. The van der Waals surface area contributed by atoms with Crippen LogP contribution in [-0.2, 0) is 6.42 Å². The van der Waals surface area contributed by atoms with Crippen LogP contribution in [-0.4, -0.2) is 22.4 Å². The smallest absolute Gasteiger partial charge is 0.383 e. The summed E-state index contributed by atoms with van der Waals surface area (Å²) in [5.41, 5.74) is 3.36. The van der Waals surface area contributed by atoms with Crippen molar-refractivity contribution in [1.82, 2.24) is 4.98 Å². The molecule has 1 aromatic heterocycles. The maximum Gasteiger partial charge on any atom is 0.414 e. The van der Waals surface area contributed by atoms with Crippen LogP contribution in [0.3, 0.4) is 0 Å². The molecule has 0 aliphatic carbocycles. The van der Waals surface area contributed by atoms with E-state index in [1.807, 2.05) is 37.3 Å². The fraction of sp³-hybridized carbons (Fsp3) is 0.211. The molecule has 1 unspecified atom stereocenters. The van der Waals surface area contributed by atoms with E-state index in [2.05, 4.69) is 10.3 Å². The first-order chi connectivity index (χ1) is 11.8. The number of nitrogens with one attached hydrogen (secondary N) is 1. The first kappa shape index (κ1) is 17.2. The van der Waals surface area contributed by atoms with Gasteiger partial charge in [0.25, 0.3) is 0 Å². The van der Waals surface area contributed by atoms with Gasteiger partial charge in [0, 0.05) is 28.9 Å². The number of aliphatic hydroxyl groups excluding tert-OH is 1. The van der Waals surface area contributed by atoms with Crippen molar-refractivity contribution in [3.63, 3.8) is 0 Å². The van der Waals surface area contributed by atoms with Crippen LogP contribution in [0.15, 0.2) is 54.6 Å². The maximum atomic E-state index is 12.7. The first-order valence-corrected chi connectivity index (χ1v) is 7.80. The lowest BCUT2D eigenvalue weighted by atomic mass is 10.0. The zero-order valence-corrected chi connectivity index (χ0v) is 13.5. The van der Waals surface area contributed by atoms with Gasteiger partial charge in [-0.3, -0.25) is 4.98 Å². The fourth-order valence-electron chi connectivity index (χ4n) is 2.66. The second-order valence-corrected chi connectivity index (χ2v) is 5.87. The molecule has 0 radical (unpaired) electrons. The van der Waals surface area contributed by atoms with E-state index in [9.17, 15) is 18.3 Å². The molecule has 0 fully saturated rings. The van der Waals surface area contributed by atoms with Crippen molar-refractivity contribution in [1.29, 1.82) is 0 Å². The van der Waals surface area contributed by atoms with E-state index >= 15 is 0 Å². The fourth-order valence-corrected chi connectivity index (χ4v) is 2.66. The van der Waals surface area contributed by atoms with E-state index in [0.29, 0.717) is 11.3 Å². The van der Waals surface area contributed by atoms with E-state index < -0.39 is 18.7 Å². The average molecular weight is 346 g/mol. The van der Waals surface area contributed by atoms with Gasteiger partial charge < -0.3 is 10.4 Å². The SMILES string of the molecule is Cc1ccc2c(Nc3ccccc3CC(O)C(F)(F)F)cccc2n1. The van der Waals surface area contributed by atoms with Crippen LogP contribution >= 0.6 is 0 Å². The minimum absolute atomic E-state index is 0.393. The van der Waals surface area contributed by atoms with E-state index in [4.69, 9.17) is 0 Å². The number of hydrogen-bond donors (Lipinski definition) is 2. The predicted molar refractivity (Wildman–Crippen MR) is 92.0 cm³/mol. The zero-order chi connectivity index (χ0) is 18.0. The van der Waals surface area contributed by atoms with Gasteiger partial charge in [-0.05, 0) is 42.8 Å². The molecular weight excluding hydrogens is 329 g/mol. The Morgan fingerprint density at radius 1 is 1.00 bits per heavy atom. The molecule has 0 saturated carbocycles. The van der Waals surface area contributed by atoms with Gasteiger partial charge in [0.1, 0.15) is 0 Å². The Hall–Kier alpha value is -2.60. The number of para-hydroxylation sites is 1. The van der Waals surface area contributed by atoms with Crippen LogP contribution in [0.25, 0.3) is 10.9 Å². The largest absolute Gasteiger partial charge is 0.414 e. The predicted octanol–water partition coefficient (Wildman–Crippen LogP) is 4.75. The molecule has 25 heavy (non-hydrogen) atoms. The van der Waals surface area contributed by atoms with Gasteiger partial charge in [0.15, 0.2) is 6.10 Å². The summed E-state index contributed by atoms with van der Waals surface area (Å²) in [6.07, 6.45) is -7.55. The highest BCUT2D eigenvalue weighted by atomic mass is 19.4. The molecule has 0 saturated heterocycles. The molecular formula is C19H17F3N2O. The molecule has 1 atom stereocenters. The number of halogens is 3. The summed E-state index contributed by atoms with van der Waals surface area (Å²) in [7, 11) is 0. The number of nitrogens with zero attached hydrogens (tertiary/aromatic N) is 1. The number of anilines is 2. The summed E-state index contributed by atoms with van der Waals surface area (Å²) in [6, 6.07) is 16.0. The molecule has 3 rings (SSSR count). The Labute approximate surface area is 143 Å². The number of aliphatic hydroxyl groups is 1. The number of benzene rings is 2. The van der Waals surface area contributed by atoms with Crippen molar-refractivity contribution in [2.45, 2.75) is 25.6 Å². The second-order valence-electron chi connectivity index (χ2n) is 5.87. The third-order valence-electron chi connectivity index (χ3n) is 3.95. The Morgan fingerprint density at radius 3 is 2.48 bits per heavy atom.